The molecule has 23 heavy (non-hydrogen) atoms. The quantitative estimate of drug-likeness (QED) is 0.467. The van der Waals surface area contributed by atoms with E-state index < -0.39 is 16.8 Å². The van der Waals surface area contributed by atoms with Crippen molar-refractivity contribution >= 4 is 11.9 Å². The molecule has 0 spiro atoms. The number of hydrogen-bond donors (Lipinski definition) is 0. The van der Waals surface area contributed by atoms with Crippen molar-refractivity contribution < 1.29 is 14.5 Å². The largest absolute Gasteiger partial charge is 0.490 e. The Morgan fingerprint density at radius 3 is 2.43 bits per heavy atom. The lowest BCUT2D eigenvalue weighted by molar-refractivity contribution is -0.394. The van der Waals surface area contributed by atoms with Gasteiger partial charge in [-0.2, -0.15) is 4.68 Å². The molecule has 0 atom stereocenters. The van der Waals surface area contributed by atoms with E-state index in [9.17, 15) is 14.9 Å². The maximum atomic E-state index is 12.0. The van der Waals surface area contributed by atoms with Crippen LogP contribution < -0.4 is 0 Å². The first-order valence-corrected chi connectivity index (χ1v) is 8.21. The molecule has 4 bridgehead atoms. The van der Waals surface area contributed by atoms with Crippen LogP contribution in [0, 0.1) is 33.3 Å². The van der Waals surface area contributed by atoms with Crippen molar-refractivity contribution in [1.82, 2.24) is 14.8 Å². The van der Waals surface area contributed by atoms with Crippen LogP contribution in [0.3, 0.4) is 0 Å². The Morgan fingerprint density at radius 1 is 1.30 bits per heavy atom. The summed E-state index contributed by atoms with van der Waals surface area (Å²) in [6, 6.07) is 0. The van der Waals surface area contributed by atoms with E-state index in [2.05, 4.69) is 10.1 Å². The van der Waals surface area contributed by atoms with E-state index in [4.69, 9.17) is 4.74 Å². The van der Waals surface area contributed by atoms with Crippen molar-refractivity contribution in [1.29, 1.82) is 0 Å². The molecule has 5 rings (SSSR count). The molecule has 8 heteroatoms. The third-order valence-corrected chi connectivity index (χ3v) is 5.68. The maximum absolute atomic E-state index is 12.0. The van der Waals surface area contributed by atoms with Gasteiger partial charge >= 0.3 is 11.9 Å². The molecule has 0 unspecified atom stereocenters. The van der Waals surface area contributed by atoms with Crippen molar-refractivity contribution in [3.63, 3.8) is 0 Å². The molecule has 4 saturated carbocycles. The van der Waals surface area contributed by atoms with Crippen LogP contribution in [0.4, 0.5) is 5.95 Å². The maximum Gasteiger partial charge on any atom is 0.490 e. The molecule has 4 aliphatic rings. The first-order valence-electron chi connectivity index (χ1n) is 8.21. The fourth-order valence-electron chi connectivity index (χ4n) is 5.32. The van der Waals surface area contributed by atoms with Crippen molar-refractivity contribution in [2.45, 2.75) is 45.1 Å². The van der Waals surface area contributed by atoms with Crippen LogP contribution in [0.25, 0.3) is 0 Å². The predicted molar refractivity (Wildman–Crippen MR) is 78.2 cm³/mol. The van der Waals surface area contributed by atoms with Crippen LogP contribution >= 0.6 is 0 Å². The number of carbonyl (C=O) groups excluding carboxylic acids is 1. The molecule has 0 aliphatic heterocycles. The van der Waals surface area contributed by atoms with E-state index in [1.54, 1.807) is 0 Å². The van der Waals surface area contributed by atoms with Gasteiger partial charge in [0.05, 0.1) is 6.61 Å². The van der Waals surface area contributed by atoms with Gasteiger partial charge in [0, 0.05) is 10.5 Å². The van der Waals surface area contributed by atoms with Crippen LogP contribution in [-0.4, -0.2) is 32.3 Å². The summed E-state index contributed by atoms with van der Waals surface area (Å²) in [6.07, 6.45) is 8.80. The van der Waals surface area contributed by atoms with E-state index in [0.29, 0.717) is 6.61 Å². The zero-order chi connectivity index (χ0) is 16.0. The van der Waals surface area contributed by atoms with Gasteiger partial charge in [0.25, 0.3) is 0 Å². The van der Waals surface area contributed by atoms with Gasteiger partial charge in [-0.3, -0.25) is 0 Å². The van der Waals surface area contributed by atoms with E-state index >= 15 is 0 Å². The van der Waals surface area contributed by atoms with Gasteiger partial charge in [-0.15, -0.1) is 0 Å². The van der Waals surface area contributed by atoms with Crippen molar-refractivity contribution in [3.8, 4) is 0 Å². The second kappa shape index (κ2) is 5.28. The van der Waals surface area contributed by atoms with Gasteiger partial charge in [0.15, 0.2) is 6.54 Å². The molecule has 0 amide bonds. The number of esters is 1. The van der Waals surface area contributed by atoms with Crippen LogP contribution in [0.2, 0.25) is 0 Å². The highest BCUT2D eigenvalue weighted by Crippen LogP contribution is 2.60. The van der Waals surface area contributed by atoms with Gasteiger partial charge in [-0.1, -0.05) is 4.98 Å². The van der Waals surface area contributed by atoms with E-state index in [-0.39, 0.29) is 12.0 Å². The SMILES string of the molecule is O=C(Cn1cnc([N+](=O)[O-])n1)OCC12CC3CC(CC(C3)C1)C2. The van der Waals surface area contributed by atoms with Crippen LogP contribution in [-0.2, 0) is 16.1 Å². The van der Waals surface area contributed by atoms with E-state index in [1.165, 1.54) is 44.9 Å². The van der Waals surface area contributed by atoms with Crippen LogP contribution in [0.15, 0.2) is 6.33 Å². The minimum Gasteiger partial charge on any atom is -0.464 e. The first-order chi connectivity index (χ1) is 11.0. The number of carbonyl (C=O) groups is 1. The van der Waals surface area contributed by atoms with Crippen molar-refractivity contribution in [3.05, 3.63) is 16.4 Å². The number of hydrogen-bond acceptors (Lipinski definition) is 6. The summed E-state index contributed by atoms with van der Waals surface area (Å²) in [5, 5.41) is 14.2. The summed E-state index contributed by atoms with van der Waals surface area (Å²) in [7, 11) is 0. The fourth-order valence-corrected chi connectivity index (χ4v) is 5.32. The lowest BCUT2D eigenvalue weighted by Gasteiger charge is -2.56. The molecule has 1 heterocycles. The third kappa shape index (κ3) is 2.82. The molecule has 124 valence electrons. The van der Waals surface area contributed by atoms with Crippen LogP contribution in [0.5, 0.6) is 0 Å². The zero-order valence-electron chi connectivity index (χ0n) is 12.9. The summed E-state index contributed by atoms with van der Waals surface area (Å²) in [5.41, 5.74) is 0.179. The zero-order valence-corrected chi connectivity index (χ0v) is 12.9. The minimum atomic E-state index is -0.683. The van der Waals surface area contributed by atoms with E-state index in [0.717, 1.165) is 22.4 Å². The molecular weight excluding hydrogens is 300 g/mol. The molecule has 0 radical (unpaired) electrons. The lowest BCUT2D eigenvalue weighted by atomic mass is 9.50. The molecule has 4 aliphatic carbocycles. The summed E-state index contributed by atoms with van der Waals surface area (Å²) in [4.78, 5) is 25.4. The molecule has 1 aromatic heterocycles. The standard InChI is InChI=1S/C15H20N4O4/c20-13(7-18-9-16-14(17-18)19(21)22)23-8-15-4-10-1-11(5-15)3-12(2-10)6-15/h9-12H,1-8H2. The lowest BCUT2D eigenvalue weighted by Crippen LogP contribution is -2.48. The molecule has 0 saturated heterocycles. The molecule has 4 fully saturated rings. The Labute approximate surface area is 133 Å². The predicted octanol–water partition coefficient (Wildman–Crippen LogP) is 1.95. The number of ether oxygens (including phenoxy) is 1. The molecule has 0 aromatic carbocycles. The number of rotatable bonds is 5. The van der Waals surface area contributed by atoms with Crippen LogP contribution in [0.1, 0.15) is 38.5 Å². The average molecular weight is 320 g/mol. The molecule has 8 nitrogen and oxygen atoms in total. The normalized spacial score (nSPS) is 34.5. The molecule has 1 aromatic rings. The van der Waals surface area contributed by atoms with Gasteiger partial charge < -0.3 is 14.9 Å². The van der Waals surface area contributed by atoms with Crippen molar-refractivity contribution in [2.75, 3.05) is 6.61 Å². The Hall–Kier alpha value is -1.99. The topological polar surface area (TPSA) is 100 Å². The smallest absolute Gasteiger partial charge is 0.464 e. The Balaban J connectivity index is 1.33. The van der Waals surface area contributed by atoms with Gasteiger partial charge in [-0.25, -0.2) is 4.79 Å². The Bertz CT molecular complexity index is 606. The summed E-state index contributed by atoms with van der Waals surface area (Å²) in [6.45, 7) is 0.347. The Kier molecular flexibility index (Phi) is 3.35. The van der Waals surface area contributed by atoms with Gasteiger partial charge in [0.1, 0.15) is 0 Å². The summed E-state index contributed by atoms with van der Waals surface area (Å²) >= 11 is 0. The highest BCUT2D eigenvalue weighted by Gasteiger charge is 2.51. The summed E-state index contributed by atoms with van der Waals surface area (Å²) < 4.78 is 6.66. The van der Waals surface area contributed by atoms with Gasteiger partial charge in [-0.05, 0) is 61.2 Å². The minimum absolute atomic E-state index is 0.132. The third-order valence-electron chi connectivity index (χ3n) is 5.68. The number of nitro groups is 1. The Morgan fingerprint density at radius 2 is 1.91 bits per heavy atom. The number of nitrogens with zero attached hydrogens (tertiary/aromatic N) is 4. The second-order valence-corrected chi connectivity index (χ2v) is 7.58. The average Bonchev–Trinajstić information content (AvgIpc) is 2.93. The molecular formula is C15H20N4O4. The second-order valence-electron chi connectivity index (χ2n) is 7.58. The monoisotopic (exact) mass is 320 g/mol. The van der Waals surface area contributed by atoms with Crippen molar-refractivity contribution in [2.24, 2.45) is 23.2 Å². The summed E-state index contributed by atoms with van der Waals surface area (Å²) in [5.74, 6) is 1.55. The molecule has 0 N–H and O–H groups in total. The number of aromatic nitrogens is 3. The highest BCUT2D eigenvalue weighted by atomic mass is 16.6. The van der Waals surface area contributed by atoms with Gasteiger partial charge in [0.2, 0.25) is 6.33 Å². The highest BCUT2D eigenvalue weighted by molar-refractivity contribution is 5.69. The van der Waals surface area contributed by atoms with E-state index in [1.807, 2.05) is 0 Å². The first kappa shape index (κ1) is 14.6. The fraction of sp³-hybridized carbons (Fsp3) is 0.800.